The lowest BCUT2D eigenvalue weighted by Gasteiger charge is -2.05. The quantitative estimate of drug-likeness (QED) is 0.534. The Hall–Kier alpha value is -2.67. The van der Waals surface area contributed by atoms with Gasteiger partial charge in [-0.25, -0.2) is 4.98 Å². The van der Waals surface area contributed by atoms with Gasteiger partial charge in [0.2, 0.25) is 5.89 Å². The SMILES string of the molecule is FC(F)(F)c1ccc(C=Cc2nc(COc3ccc(CS)cc3)co2)cc1. The molecule has 3 aromatic rings. The smallest absolute Gasteiger partial charge is 0.416 e. The van der Waals surface area contributed by atoms with Gasteiger partial charge in [-0.05, 0) is 41.5 Å². The van der Waals surface area contributed by atoms with Crippen LogP contribution >= 0.6 is 12.6 Å². The van der Waals surface area contributed by atoms with E-state index in [0.29, 0.717) is 28.7 Å². The van der Waals surface area contributed by atoms with Crippen LogP contribution < -0.4 is 4.74 Å². The van der Waals surface area contributed by atoms with Crippen molar-refractivity contribution in [2.24, 2.45) is 0 Å². The normalized spacial score (nSPS) is 11.9. The summed E-state index contributed by atoms with van der Waals surface area (Å²) in [6, 6.07) is 12.4. The van der Waals surface area contributed by atoms with Crippen molar-refractivity contribution in [3.63, 3.8) is 0 Å². The molecule has 0 radical (unpaired) electrons. The van der Waals surface area contributed by atoms with Crippen molar-refractivity contribution >= 4 is 24.8 Å². The average Bonchev–Trinajstić information content (AvgIpc) is 3.13. The van der Waals surface area contributed by atoms with Crippen molar-refractivity contribution < 1.29 is 22.3 Å². The first kappa shape index (κ1) is 19.1. The first-order chi connectivity index (χ1) is 12.9. The Morgan fingerprint density at radius 3 is 2.33 bits per heavy atom. The lowest BCUT2D eigenvalue weighted by molar-refractivity contribution is -0.137. The van der Waals surface area contributed by atoms with Crippen molar-refractivity contribution in [1.82, 2.24) is 4.98 Å². The van der Waals surface area contributed by atoms with E-state index in [2.05, 4.69) is 17.6 Å². The highest BCUT2D eigenvalue weighted by Crippen LogP contribution is 2.29. The van der Waals surface area contributed by atoms with Gasteiger partial charge >= 0.3 is 6.18 Å². The van der Waals surface area contributed by atoms with Gasteiger partial charge < -0.3 is 9.15 Å². The first-order valence-corrected chi connectivity index (χ1v) is 8.69. The number of benzene rings is 2. The van der Waals surface area contributed by atoms with E-state index < -0.39 is 11.7 Å². The van der Waals surface area contributed by atoms with Crippen LogP contribution in [0.1, 0.15) is 28.3 Å². The van der Waals surface area contributed by atoms with E-state index in [1.165, 1.54) is 18.4 Å². The number of hydrogen-bond acceptors (Lipinski definition) is 4. The molecule has 3 rings (SSSR count). The number of hydrogen-bond donors (Lipinski definition) is 1. The zero-order chi connectivity index (χ0) is 19.3. The maximum absolute atomic E-state index is 12.5. The molecule has 7 heteroatoms. The van der Waals surface area contributed by atoms with Crippen LogP contribution in [-0.2, 0) is 18.5 Å². The fraction of sp³-hybridized carbons (Fsp3) is 0.150. The highest BCUT2D eigenvalue weighted by atomic mass is 32.1. The van der Waals surface area contributed by atoms with Gasteiger partial charge in [-0.1, -0.05) is 24.3 Å². The van der Waals surface area contributed by atoms with Crippen LogP contribution in [0, 0.1) is 0 Å². The summed E-state index contributed by atoms with van der Waals surface area (Å²) in [6.07, 6.45) is 0.363. The summed E-state index contributed by atoms with van der Waals surface area (Å²) in [6.45, 7) is 0.248. The van der Waals surface area contributed by atoms with Crippen LogP contribution in [0.15, 0.2) is 59.2 Å². The molecule has 140 valence electrons. The molecule has 0 unspecified atom stereocenters. The predicted octanol–water partition coefficient (Wildman–Crippen LogP) is 5.87. The Kier molecular flexibility index (Phi) is 5.91. The van der Waals surface area contributed by atoms with E-state index in [0.717, 1.165) is 17.7 Å². The number of oxazole rings is 1. The molecule has 0 fully saturated rings. The third-order valence-electron chi connectivity index (χ3n) is 3.72. The van der Waals surface area contributed by atoms with Gasteiger partial charge in [-0.15, -0.1) is 0 Å². The minimum atomic E-state index is -4.34. The minimum absolute atomic E-state index is 0.248. The van der Waals surface area contributed by atoms with Gasteiger partial charge in [-0.2, -0.15) is 25.8 Å². The summed E-state index contributed by atoms with van der Waals surface area (Å²) in [5, 5.41) is 0. The molecule has 0 aliphatic carbocycles. The van der Waals surface area contributed by atoms with Gasteiger partial charge in [0.15, 0.2) is 0 Å². The van der Waals surface area contributed by atoms with Crippen molar-refractivity contribution in [3.05, 3.63) is 83.1 Å². The Morgan fingerprint density at radius 1 is 1.00 bits per heavy atom. The van der Waals surface area contributed by atoms with Gasteiger partial charge in [0, 0.05) is 11.8 Å². The van der Waals surface area contributed by atoms with Gasteiger partial charge in [0.05, 0.1) is 5.56 Å². The molecule has 0 spiro atoms. The van der Waals surface area contributed by atoms with Crippen LogP contribution in [0.5, 0.6) is 5.75 Å². The summed E-state index contributed by atoms with van der Waals surface area (Å²) in [5.74, 6) is 1.72. The van der Waals surface area contributed by atoms with E-state index in [4.69, 9.17) is 9.15 Å². The van der Waals surface area contributed by atoms with Gasteiger partial charge in [0.25, 0.3) is 0 Å². The van der Waals surface area contributed by atoms with Crippen LogP contribution in [0.25, 0.3) is 12.2 Å². The molecule has 0 saturated heterocycles. The number of thiol groups is 1. The molecule has 3 nitrogen and oxygen atoms in total. The lowest BCUT2D eigenvalue weighted by atomic mass is 10.1. The van der Waals surface area contributed by atoms with E-state index >= 15 is 0 Å². The molecular weight excluding hydrogens is 375 g/mol. The maximum Gasteiger partial charge on any atom is 0.416 e. The second-order valence-corrected chi connectivity index (χ2v) is 6.04. The van der Waals surface area contributed by atoms with E-state index in [9.17, 15) is 13.2 Å². The topological polar surface area (TPSA) is 35.3 Å². The molecule has 1 heterocycles. The summed E-state index contributed by atoms with van der Waals surface area (Å²) in [7, 11) is 0. The van der Waals surface area contributed by atoms with Crippen LogP contribution in [-0.4, -0.2) is 4.98 Å². The molecule has 27 heavy (non-hydrogen) atoms. The predicted molar refractivity (Wildman–Crippen MR) is 100 cm³/mol. The molecular formula is C20H16F3NO2S. The molecule has 0 bridgehead atoms. The second kappa shape index (κ2) is 8.35. The van der Waals surface area contributed by atoms with Crippen molar-refractivity contribution in [1.29, 1.82) is 0 Å². The second-order valence-electron chi connectivity index (χ2n) is 5.72. The fourth-order valence-corrected chi connectivity index (χ4v) is 2.48. The van der Waals surface area contributed by atoms with E-state index in [-0.39, 0.29) is 6.61 Å². The maximum atomic E-state index is 12.5. The Morgan fingerprint density at radius 2 is 1.70 bits per heavy atom. The molecule has 1 aromatic heterocycles. The first-order valence-electron chi connectivity index (χ1n) is 8.06. The zero-order valence-electron chi connectivity index (χ0n) is 14.1. The highest BCUT2D eigenvalue weighted by molar-refractivity contribution is 7.79. The third-order valence-corrected chi connectivity index (χ3v) is 4.08. The fourth-order valence-electron chi connectivity index (χ4n) is 2.26. The number of rotatable bonds is 6. The summed E-state index contributed by atoms with van der Waals surface area (Å²) in [4.78, 5) is 4.26. The summed E-state index contributed by atoms with van der Waals surface area (Å²) < 4.78 is 48.6. The number of ether oxygens (including phenoxy) is 1. The molecule has 0 N–H and O–H groups in total. The molecule has 0 saturated carbocycles. The molecule has 0 atom stereocenters. The molecule has 0 aliphatic heterocycles. The summed E-state index contributed by atoms with van der Waals surface area (Å²) >= 11 is 4.20. The van der Waals surface area contributed by atoms with Crippen LogP contribution in [0.2, 0.25) is 0 Å². The van der Waals surface area contributed by atoms with E-state index in [1.54, 1.807) is 12.2 Å². The summed E-state index contributed by atoms with van der Waals surface area (Å²) in [5.41, 5.74) is 1.64. The minimum Gasteiger partial charge on any atom is -0.487 e. The van der Waals surface area contributed by atoms with E-state index in [1.807, 2.05) is 24.3 Å². The number of alkyl halides is 3. The van der Waals surface area contributed by atoms with Crippen LogP contribution in [0.3, 0.4) is 0 Å². The number of nitrogens with zero attached hydrogens (tertiary/aromatic N) is 1. The Labute approximate surface area is 159 Å². The number of halogens is 3. The standard InChI is InChI=1S/C20H16F3NO2S/c21-20(22,23)16-6-1-14(2-7-16)5-10-19-24-17(12-26-19)11-25-18-8-3-15(13-27)4-9-18/h1-10,12,27H,11,13H2. The molecule has 2 aromatic carbocycles. The average molecular weight is 391 g/mol. The zero-order valence-corrected chi connectivity index (χ0v) is 15.0. The monoisotopic (exact) mass is 391 g/mol. The van der Waals surface area contributed by atoms with Crippen molar-refractivity contribution in [3.8, 4) is 5.75 Å². The highest BCUT2D eigenvalue weighted by Gasteiger charge is 2.29. The Balaban J connectivity index is 1.57. The van der Waals surface area contributed by atoms with Crippen LogP contribution in [0.4, 0.5) is 13.2 Å². The molecule has 0 amide bonds. The van der Waals surface area contributed by atoms with Crippen molar-refractivity contribution in [2.75, 3.05) is 0 Å². The molecule has 0 aliphatic rings. The van der Waals surface area contributed by atoms with Gasteiger partial charge in [-0.3, -0.25) is 0 Å². The van der Waals surface area contributed by atoms with Gasteiger partial charge in [0.1, 0.15) is 24.3 Å². The Bertz CT molecular complexity index is 900. The lowest BCUT2D eigenvalue weighted by Crippen LogP contribution is -2.03. The third kappa shape index (κ3) is 5.40. The number of aromatic nitrogens is 1. The largest absolute Gasteiger partial charge is 0.487 e. The van der Waals surface area contributed by atoms with Crippen molar-refractivity contribution in [2.45, 2.75) is 18.5 Å².